The average Bonchev–Trinajstić information content (AvgIpc) is 3.42. The number of benzene rings is 2. The van der Waals surface area contributed by atoms with Crippen LogP contribution in [0.15, 0.2) is 48.8 Å². The third kappa shape index (κ3) is 6.00. The molecule has 9 heteroatoms. The second-order valence-corrected chi connectivity index (χ2v) is 9.35. The molecule has 0 bridgehead atoms. The molecular formula is C28H34N6O3. The highest BCUT2D eigenvalue weighted by molar-refractivity contribution is 5.94. The van der Waals surface area contributed by atoms with E-state index >= 15 is 0 Å². The normalized spacial score (nSPS) is 15.2. The molecule has 0 unspecified atom stereocenters. The lowest BCUT2D eigenvalue weighted by molar-refractivity contribution is 0.0537. The molecule has 0 aliphatic carbocycles. The van der Waals surface area contributed by atoms with E-state index in [-0.39, 0.29) is 5.91 Å². The van der Waals surface area contributed by atoms with Gasteiger partial charge in [0.15, 0.2) is 0 Å². The van der Waals surface area contributed by atoms with E-state index in [1.54, 1.807) is 6.07 Å². The standard InChI is InChI=1S/C28H34N6O3/c1-3-33-11-13-34(14-12-33)24-8-6-23(7-9-24)31-28-29-18-20(19-30-28)4-5-21-16-22(27(35)32-36-2)17-26-25(21)10-15-37-26/h6-9,16-19H,3-5,10-15H2,1-2H3,(H,32,35)(H,29,30,31). The van der Waals surface area contributed by atoms with Crippen LogP contribution in [0.25, 0.3) is 0 Å². The van der Waals surface area contributed by atoms with Gasteiger partial charge in [0.1, 0.15) is 5.75 Å². The minimum absolute atomic E-state index is 0.284. The van der Waals surface area contributed by atoms with E-state index in [9.17, 15) is 4.79 Å². The lowest BCUT2D eigenvalue weighted by atomic mass is 9.96. The Labute approximate surface area is 217 Å². The number of fused-ring (bicyclic) bond motifs is 1. The van der Waals surface area contributed by atoms with Crippen LogP contribution in [0.5, 0.6) is 5.75 Å². The van der Waals surface area contributed by atoms with Crippen molar-refractivity contribution in [2.45, 2.75) is 26.2 Å². The molecule has 5 rings (SSSR count). The number of nitrogens with one attached hydrogen (secondary N) is 2. The molecule has 3 heterocycles. The average molecular weight is 503 g/mol. The Bertz CT molecular complexity index is 1210. The summed E-state index contributed by atoms with van der Waals surface area (Å²) in [7, 11) is 1.42. The summed E-state index contributed by atoms with van der Waals surface area (Å²) in [5.74, 6) is 1.07. The largest absolute Gasteiger partial charge is 0.493 e. The van der Waals surface area contributed by atoms with Gasteiger partial charge in [-0.2, -0.15) is 0 Å². The van der Waals surface area contributed by atoms with Crippen molar-refractivity contribution < 1.29 is 14.4 Å². The number of hydroxylamine groups is 1. The fraction of sp³-hybridized carbons (Fsp3) is 0.393. The van der Waals surface area contributed by atoms with Crippen molar-refractivity contribution in [3.8, 4) is 5.75 Å². The number of aryl methyl sites for hydroxylation is 2. The molecule has 1 amide bonds. The maximum atomic E-state index is 12.3. The number of piperazine rings is 1. The van der Waals surface area contributed by atoms with E-state index in [1.807, 2.05) is 18.5 Å². The number of ether oxygens (including phenoxy) is 1. The minimum Gasteiger partial charge on any atom is -0.493 e. The molecular weight excluding hydrogens is 468 g/mol. The van der Waals surface area contributed by atoms with Gasteiger partial charge in [-0.1, -0.05) is 6.92 Å². The van der Waals surface area contributed by atoms with Crippen molar-refractivity contribution in [1.29, 1.82) is 0 Å². The molecule has 37 heavy (non-hydrogen) atoms. The van der Waals surface area contributed by atoms with Gasteiger partial charge in [0.25, 0.3) is 5.91 Å². The molecule has 1 fully saturated rings. The number of aromatic nitrogens is 2. The van der Waals surface area contributed by atoms with Gasteiger partial charge in [-0.05, 0) is 66.9 Å². The van der Waals surface area contributed by atoms with E-state index in [1.165, 1.54) is 18.4 Å². The number of anilines is 3. The summed E-state index contributed by atoms with van der Waals surface area (Å²) in [5.41, 5.74) is 8.43. The summed E-state index contributed by atoms with van der Waals surface area (Å²) in [6.45, 7) is 8.32. The van der Waals surface area contributed by atoms with Crippen molar-refractivity contribution in [1.82, 2.24) is 20.3 Å². The van der Waals surface area contributed by atoms with Crippen LogP contribution in [0.3, 0.4) is 0 Å². The fourth-order valence-electron chi connectivity index (χ4n) is 4.92. The van der Waals surface area contributed by atoms with Crippen LogP contribution < -0.4 is 20.4 Å². The predicted molar refractivity (Wildman–Crippen MR) is 144 cm³/mol. The van der Waals surface area contributed by atoms with E-state index in [4.69, 9.17) is 9.57 Å². The second-order valence-electron chi connectivity index (χ2n) is 9.35. The van der Waals surface area contributed by atoms with Gasteiger partial charge in [0, 0.05) is 67.5 Å². The highest BCUT2D eigenvalue weighted by Crippen LogP contribution is 2.31. The smallest absolute Gasteiger partial charge is 0.274 e. The number of amides is 1. The molecule has 0 saturated carbocycles. The Morgan fingerprint density at radius 3 is 2.51 bits per heavy atom. The van der Waals surface area contributed by atoms with Crippen LogP contribution in [-0.2, 0) is 24.1 Å². The Balaban J connectivity index is 1.18. The summed E-state index contributed by atoms with van der Waals surface area (Å²) < 4.78 is 5.72. The number of rotatable bonds is 9. The van der Waals surface area contributed by atoms with Crippen molar-refractivity contribution in [2.75, 3.05) is 56.7 Å². The van der Waals surface area contributed by atoms with Gasteiger partial charge in [0.05, 0.1) is 13.7 Å². The van der Waals surface area contributed by atoms with Crippen molar-refractivity contribution in [2.24, 2.45) is 0 Å². The summed E-state index contributed by atoms with van der Waals surface area (Å²) in [6, 6.07) is 12.2. The molecule has 2 aliphatic heterocycles. The Morgan fingerprint density at radius 1 is 1.05 bits per heavy atom. The van der Waals surface area contributed by atoms with Gasteiger partial charge in [-0.3, -0.25) is 9.63 Å². The summed E-state index contributed by atoms with van der Waals surface area (Å²) in [5, 5.41) is 3.30. The Morgan fingerprint density at radius 2 is 1.81 bits per heavy atom. The number of hydrogen-bond donors (Lipinski definition) is 2. The first-order valence-electron chi connectivity index (χ1n) is 12.9. The van der Waals surface area contributed by atoms with Gasteiger partial charge in [-0.15, -0.1) is 0 Å². The molecule has 1 aromatic heterocycles. The number of carbonyl (C=O) groups excluding carboxylic acids is 1. The maximum Gasteiger partial charge on any atom is 0.274 e. The molecule has 1 saturated heterocycles. The molecule has 0 radical (unpaired) electrons. The fourth-order valence-corrected chi connectivity index (χ4v) is 4.92. The van der Waals surface area contributed by atoms with Gasteiger partial charge < -0.3 is 19.9 Å². The molecule has 2 aromatic carbocycles. The molecule has 2 N–H and O–H groups in total. The van der Waals surface area contributed by atoms with Crippen LogP contribution in [0.1, 0.15) is 34.0 Å². The summed E-state index contributed by atoms with van der Waals surface area (Å²) in [4.78, 5) is 31.0. The lowest BCUT2D eigenvalue weighted by Crippen LogP contribution is -2.46. The van der Waals surface area contributed by atoms with E-state index in [2.05, 4.69) is 61.8 Å². The van der Waals surface area contributed by atoms with Crippen LogP contribution in [0, 0.1) is 0 Å². The van der Waals surface area contributed by atoms with Crippen molar-refractivity contribution >= 4 is 23.2 Å². The topological polar surface area (TPSA) is 91.9 Å². The zero-order chi connectivity index (χ0) is 25.6. The molecule has 3 aromatic rings. The predicted octanol–water partition coefficient (Wildman–Crippen LogP) is 3.37. The lowest BCUT2D eigenvalue weighted by Gasteiger charge is -2.35. The van der Waals surface area contributed by atoms with E-state index < -0.39 is 0 Å². The van der Waals surface area contributed by atoms with Gasteiger partial charge >= 0.3 is 0 Å². The van der Waals surface area contributed by atoms with E-state index in [0.717, 1.165) is 74.6 Å². The van der Waals surface area contributed by atoms with Crippen molar-refractivity contribution in [3.05, 3.63) is 71.0 Å². The second kappa shape index (κ2) is 11.6. The number of nitrogens with zero attached hydrogens (tertiary/aromatic N) is 4. The third-order valence-electron chi connectivity index (χ3n) is 7.06. The SMILES string of the molecule is CCN1CCN(c2ccc(Nc3ncc(CCc4cc(C(=O)NOC)cc5c4CCO5)cn3)cc2)CC1. The highest BCUT2D eigenvalue weighted by Gasteiger charge is 2.20. The quantitative estimate of drug-likeness (QED) is 0.431. The minimum atomic E-state index is -0.284. The molecule has 0 spiro atoms. The zero-order valence-electron chi connectivity index (χ0n) is 21.5. The Hall–Kier alpha value is -3.69. The summed E-state index contributed by atoms with van der Waals surface area (Å²) >= 11 is 0. The number of hydrogen-bond acceptors (Lipinski definition) is 8. The Kier molecular flexibility index (Phi) is 7.82. The van der Waals surface area contributed by atoms with Crippen LogP contribution >= 0.6 is 0 Å². The number of likely N-dealkylation sites (N-methyl/N-ethyl adjacent to an activating group) is 1. The zero-order valence-corrected chi connectivity index (χ0v) is 21.5. The van der Waals surface area contributed by atoms with Crippen LogP contribution in [-0.4, -0.2) is 67.2 Å². The molecule has 9 nitrogen and oxygen atoms in total. The number of carbonyl (C=O) groups is 1. The molecule has 194 valence electrons. The first-order chi connectivity index (χ1) is 18.1. The highest BCUT2D eigenvalue weighted by atomic mass is 16.6. The van der Waals surface area contributed by atoms with Gasteiger partial charge in [-0.25, -0.2) is 15.4 Å². The molecule has 2 aliphatic rings. The first kappa shape index (κ1) is 25.0. The third-order valence-corrected chi connectivity index (χ3v) is 7.06. The molecule has 0 atom stereocenters. The monoisotopic (exact) mass is 502 g/mol. The van der Waals surface area contributed by atoms with Gasteiger partial charge in [0.2, 0.25) is 5.95 Å². The van der Waals surface area contributed by atoms with Crippen molar-refractivity contribution in [3.63, 3.8) is 0 Å². The first-order valence-corrected chi connectivity index (χ1v) is 12.9. The maximum absolute atomic E-state index is 12.3. The summed E-state index contributed by atoms with van der Waals surface area (Å²) in [6.07, 6.45) is 6.10. The van der Waals surface area contributed by atoms with Crippen LogP contribution in [0.4, 0.5) is 17.3 Å². The van der Waals surface area contributed by atoms with E-state index in [0.29, 0.717) is 18.1 Å². The van der Waals surface area contributed by atoms with Crippen LogP contribution in [0.2, 0.25) is 0 Å².